The summed E-state index contributed by atoms with van der Waals surface area (Å²) in [5, 5.41) is 0. The number of unbranched alkanes of at least 4 members (excludes halogenated alkanes) is 2. The van der Waals surface area contributed by atoms with Crippen molar-refractivity contribution in [3.63, 3.8) is 0 Å². The summed E-state index contributed by atoms with van der Waals surface area (Å²) in [6.07, 6.45) is 4.50. The molecule has 1 atom stereocenters. The summed E-state index contributed by atoms with van der Waals surface area (Å²) in [6.45, 7) is 4.07. The number of carbonyl (C=O) groups is 1. The number of rotatable bonds is 5. The average Bonchev–Trinajstić information content (AvgIpc) is 2.03. The number of esters is 1. The third-order valence-corrected chi connectivity index (χ3v) is 1.84. The van der Waals surface area contributed by atoms with Crippen LogP contribution in [-0.2, 0) is 9.53 Å². The van der Waals surface area contributed by atoms with Gasteiger partial charge in [0.15, 0.2) is 0 Å². The van der Waals surface area contributed by atoms with Gasteiger partial charge < -0.3 is 4.74 Å². The molecule has 0 saturated carbocycles. The van der Waals surface area contributed by atoms with Gasteiger partial charge in [0.2, 0.25) is 0 Å². The van der Waals surface area contributed by atoms with E-state index in [1.54, 1.807) is 0 Å². The standard InChI is InChI=1S/C9H18O2.ClH/c1-4-5-6-7-8(2)9(10)11-3;/h8H,4-7H2,1-3H3;1H. The molecule has 0 N–H and O–H groups in total. The molecule has 0 aliphatic rings. The molecule has 12 heavy (non-hydrogen) atoms. The van der Waals surface area contributed by atoms with Gasteiger partial charge in [-0.15, -0.1) is 12.4 Å². The second-order valence-electron chi connectivity index (χ2n) is 2.92. The molecule has 0 heterocycles. The Hall–Kier alpha value is -0.240. The van der Waals surface area contributed by atoms with Crippen LogP contribution in [0.5, 0.6) is 0 Å². The van der Waals surface area contributed by atoms with Crippen molar-refractivity contribution in [2.24, 2.45) is 5.92 Å². The zero-order valence-corrected chi connectivity index (χ0v) is 8.95. The predicted molar refractivity (Wildman–Crippen MR) is 52.6 cm³/mol. The Balaban J connectivity index is 0. The first-order chi connectivity index (χ1) is 5.22. The summed E-state index contributed by atoms with van der Waals surface area (Å²) in [6, 6.07) is 0. The highest BCUT2D eigenvalue weighted by Gasteiger charge is 2.11. The number of halogens is 1. The lowest BCUT2D eigenvalue weighted by Gasteiger charge is -2.07. The number of hydrogen-bond donors (Lipinski definition) is 0. The Morgan fingerprint density at radius 3 is 2.42 bits per heavy atom. The molecule has 1 unspecified atom stereocenters. The van der Waals surface area contributed by atoms with E-state index in [9.17, 15) is 4.79 Å². The Morgan fingerprint density at radius 1 is 1.42 bits per heavy atom. The van der Waals surface area contributed by atoms with Gasteiger partial charge in [0.25, 0.3) is 0 Å². The molecular weight excluding hydrogens is 176 g/mol. The van der Waals surface area contributed by atoms with Crippen LogP contribution in [0.25, 0.3) is 0 Å². The van der Waals surface area contributed by atoms with Crippen LogP contribution >= 0.6 is 12.4 Å². The van der Waals surface area contributed by atoms with Gasteiger partial charge in [-0.1, -0.05) is 33.1 Å². The number of ether oxygens (including phenoxy) is 1. The molecule has 0 aromatic carbocycles. The molecule has 0 amide bonds. The molecule has 0 spiro atoms. The fourth-order valence-corrected chi connectivity index (χ4v) is 1.02. The van der Waals surface area contributed by atoms with Crippen molar-refractivity contribution in [3.05, 3.63) is 0 Å². The van der Waals surface area contributed by atoms with Crippen molar-refractivity contribution in [2.45, 2.75) is 39.5 Å². The summed E-state index contributed by atoms with van der Waals surface area (Å²) in [4.78, 5) is 10.9. The lowest BCUT2D eigenvalue weighted by molar-refractivity contribution is -0.145. The van der Waals surface area contributed by atoms with E-state index >= 15 is 0 Å². The maximum absolute atomic E-state index is 10.9. The van der Waals surface area contributed by atoms with Gasteiger partial charge >= 0.3 is 5.97 Å². The van der Waals surface area contributed by atoms with E-state index in [0.717, 1.165) is 12.8 Å². The van der Waals surface area contributed by atoms with E-state index in [0.29, 0.717) is 0 Å². The lowest BCUT2D eigenvalue weighted by Crippen LogP contribution is -2.12. The normalized spacial score (nSPS) is 11.6. The fourth-order valence-electron chi connectivity index (χ4n) is 1.02. The van der Waals surface area contributed by atoms with Gasteiger partial charge in [0.05, 0.1) is 13.0 Å². The molecule has 0 aliphatic heterocycles. The Kier molecular flexibility index (Phi) is 10.5. The molecule has 0 aromatic rings. The second kappa shape index (κ2) is 8.85. The highest BCUT2D eigenvalue weighted by molar-refractivity contribution is 5.85. The SMILES string of the molecule is CCCCCC(C)C(=O)OC.Cl. The average molecular weight is 195 g/mol. The maximum atomic E-state index is 10.9. The second-order valence-corrected chi connectivity index (χ2v) is 2.92. The molecular formula is C9H19ClO2. The van der Waals surface area contributed by atoms with Crippen molar-refractivity contribution >= 4 is 18.4 Å². The van der Waals surface area contributed by atoms with Crippen LogP contribution in [0, 0.1) is 5.92 Å². The molecule has 0 aliphatic carbocycles. The van der Waals surface area contributed by atoms with Crippen molar-refractivity contribution in [1.29, 1.82) is 0 Å². The Bertz CT molecular complexity index is 115. The predicted octanol–water partition coefficient (Wildman–Crippen LogP) is 2.80. The number of methoxy groups -OCH3 is 1. The largest absolute Gasteiger partial charge is 0.469 e. The number of hydrogen-bond acceptors (Lipinski definition) is 2. The highest BCUT2D eigenvalue weighted by atomic mass is 35.5. The summed E-state index contributed by atoms with van der Waals surface area (Å²) in [5.41, 5.74) is 0. The van der Waals surface area contributed by atoms with Crippen molar-refractivity contribution in [2.75, 3.05) is 7.11 Å². The zero-order valence-electron chi connectivity index (χ0n) is 8.13. The van der Waals surface area contributed by atoms with E-state index in [2.05, 4.69) is 11.7 Å². The molecule has 74 valence electrons. The summed E-state index contributed by atoms with van der Waals surface area (Å²) < 4.78 is 4.60. The monoisotopic (exact) mass is 194 g/mol. The van der Waals surface area contributed by atoms with Gasteiger partial charge in [-0.25, -0.2) is 0 Å². The first kappa shape index (κ1) is 14.3. The van der Waals surface area contributed by atoms with Crippen molar-refractivity contribution < 1.29 is 9.53 Å². The maximum Gasteiger partial charge on any atom is 0.308 e. The fraction of sp³-hybridized carbons (Fsp3) is 0.889. The van der Waals surface area contributed by atoms with Crippen LogP contribution in [0.3, 0.4) is 0 Å². The summed E-state index contributed by atoms with van der Waals surface area (Å²) in [7, 11) is 1.44. The van der Waals surface area contributed by atoms with E-state index in [-0.39, 0.29) is 24.3 Å². The summed E-state index contributed by atoms with van der Waals surface area (Å²) in [5.74, 6) is -0.00680. The molecule has 3 heteroatoms. The van der Waals surface area contributed by atoms with Gasteiger partial charge in [0.1, 0.15) is 0 Å². The molecule has 0 fully saturated rings. The summed E-state index contributed by atoms with van der Waals surface area (Å²) >= 11 is 0. The third-order valence-electron chi connectivity index (χ3n) is 1.84. The van der Waals surface area contributed by atoms with E-state index in [1.165, 1.54) is 20.0 Å². The van der Waals surface area contributed by atoms with Crippen molar-refractivity contribution in [1.82, 2.24) is 0 Å². The van der Waals surface area contributed by atoms with Crippen LogP contribution in [0.2, 0.25) is 0 Å². The minimum atomic E-state index is -0.0823. The van der Waals surface area contributed by atoms with E-state index in [4.69, 9.17) is 0 Å². The highest BCUT2D eigenvalue weighted by Crippen LogP contribution is 2.09. The van der Waals surface area contributed by atoms with Gasteiger partial charge in [-0.05, 0) is 6.42 Å². The Labute approximate surface area is 81.1 Å². The van der Waals surface area contributed by atoms with Gasteiger partial charge in [0, 0.05) is 0 Å². The molecule has 0 aromatic heterocycles. The molecule has 0 radical (unpaired) electrons. The van der Waals surface area contributed by atoms with Gasteiger partial charge in [-0.3, -0.25) is 4.79 Å². The van der Waals surface area contributed by atoms with E-state index < -0.39 is 0 Å². The van der Waals surface area contributed by atoms with Crippen LogP contribution in [-0.4, -0.2) is 13.1 Å². The van der Waals surface area contributed by atoms with Crippen LogP contribution in [0.4, 0.5) is 0 Å². The quantitative estimate of drug-likeness (QED) is 0.497. The minimum Gasteiger partial charge on any atom is -0.469 e. The Morgan fingerprint density at radius 2 is 2.00 bits per heavy atom. The number of carbonyl (C=O) groups excluding carboxylic acids is 1. The first-order valence-electron chi connectivity index (χ1n) is 4.30. The molecule has 0 bridgehead atoms. The molecule has 0 saturated heterocycles. The zero-order chi connectivity index (χ0) is 8.69. The van der Waals surface area contributed by atoms with Crippen LogP contribution < -0.4 is 0 Å². The third kappa shape index (κ3) is 6.47. The molecule has 0 rings (SSSR count). The minimum absolute atomic E-state index is 0. The smallest absolute Gasteiger partial charge is 0.308 e. The van der Waals surface area contributed by atoms with Crippen LogP contribution in [0.1, 0.15) is 39.5 Å². The van der Waals surface area contributed by atoms with Crippen LogP contribution in [0.15, 0.2) is 0 Å². The topological polar surface area (TPSA) is 26.3 Å². The molecule has 2 nitrogen and oxygen atoms in total. The lowest BCUT2D eigenvalue weighted by atomic mass is 10.0. The van der Waals surface area contributed by atoms with Crippen molar-refractivity contribution in [3.8, 4) is 0 Å². The first-order valence-corrected chi connectivity index (χ1v) is 4.30. The van der Waals surface area contributed by atoms with E-state index in [1.807, 2.05) is 6.92 Å². The van der Waals surface area contributed by atoms with Gasteiger partial charge in [-0.2, -0.15) is 0 Å².